The number of amides is 1. The van der Waals surface area contributed by atoms with E-state index in [-0.39, 0.29) is 6.42 Å². The average Bonchev–Trinajstić information content (AvgIpc) is 2.51. The molecule has 1 atom stereocenters. The third kappa shape index (κ3) is 4.94. The highest BCUT2D eigenvalue weighted by Gasteiger charge is 2.25. The van der Waals surface area contributed by atoms with E-state index in [1.807, 2.05) is 30.3 Å². The number of alkyl carbamates (subject to hydrolysis) is 1. The van der Waals surface area contributed by atoms with Crippen LogP contribution in [0.15, 0.2) is 36.5 Å². The molecule has 6 heteroatoms. The van der Waals surface area contributed by atoms with E-state index in [0.29, 0.717) is 0 Å². The summed E-state index contributed by atoms with van der Waals surface area (Å²) < 4.78 is 9.97. The van der Waals surface area contributed by atoms with Crippen LogP contribution in [0.5, 0.6) is 0 Å². The van der Waals surface area contributed by atoms with Gasteiger partial charge >= 0.3 is 12.1 Å². The lowest BCUT2D eigenvalue weighted by Crippen LogP contribution is -2.45. The number of para-hydroxylation sites is 1. The number of nitrogens with one attached hydrogen (secondary N) is 1. The van der Waals surface area contributed by atoms with Crippen LogP contribution in [0.4, 0.5) is 4.79 Å². The van der Waals surface area contributed by atoms with Crippen molar-refractivity contribution in [2.75, 3.05) is 7.11 Å². The van der Waals surface area contributed by atoms with Gasteiger partial charge in [0.2, 0.25) is 0 Å². The maximum absolute atomic E-state index is 12.0. The third-order valence-electron chi connectivity index (χ3n) is 3.26. The Kier molecular flexibility index (Phi) is 5.39. The molecule has 24 heavy (non-hydrogen) atoms. The largest absolute Gasteiger partial charge is 0.467 e. The molecule has 2 rings (SSSR count). The summed E-state index contributed by atoms with van der Waals surface area (Å²) in [4.78, 5) is 28.3. The van der Waals surface area contributed by atoms with Crippen molar-refractivity contribution in [3.63, 3.8) is 0 Å². The molecule has 0 saturated carbocycles. The maximum Gasteiger partial charge on any atom is 0.408 e. The molecule has 1 unspecified atom stereocenters. The number of methoxy groups -OCH3 is 1. The van der Waals surface area contributed by atoms with Gasteiger partial charge in [0.15, 0.2) is 0 Å². The molecule has 0 saturated heterocycles. The highest BCUT2D eigenvalue weighted by molar-refractivity contribution is 5.82. The van der Waals surface area contributed by atoms with Crippen LogP contribution in [0.3, 0.4) is 0 Å². The average molecular weight is 330 g/mol. The van der Waals surface area contributed by atoms with E-state index < -0.39 is 23.7 Å². The lowest BCUT2D eigenvalue weighted by Gasteiger charge is -2.22. The fourth-order valence-corrected chi connectivity index (χ4v) is 2.25. The van der Waals surface area contributed by atoms with E-state index in [1.165, 1.54) is 7.11 Å². The van der Waals surface area contributed by atoms with Gasteiger partial charge in [-0.3, -0.25) is 4.98 Å². The van der Waals surface area contributed by atoms with Gasteiger partial charge in [-0.15, -0.1) is 0 Å². The molecular weight excluding hydrogens is 308 g/mol. The minimum atomic E-state index is -0.840. The molecule has 2 aromatic rings. The van der Waals surface area contributed by atoms with Gasteiger partial charge in [-0.1, -0.05) is 18.2 Å². The van der Waals surface area contributed by atoms with Crippen LogP contribution in [0, 0.1) is 0 Å². The van der Waals surface area contributed by atoms with Crippen molar-refractivity contribution in [3.8, 4) is 0 Å². The smallest absolute Gasteiger partial charge is 0.408 e. The van der Waals surface area contributed by atoms with Crippen molar-refractivity contribution in [3.05, 3.63) is 42.1 Å². The Morgan fingerprint density at radius 3 is 2.62 bits per heavy atom. The molecule has 0 radical (unpaired) electrons. The van der Waals surface area contributed by atoms with Crippen LogP contribution in [0.25, 0.3) is 10.9 Å². The zero-order valence-corrected chi connectivity index (χ0v) is 14.3. The molecule has 1 N–H and O–H groups in total. The maximum atomic E-state index is 12.0. The van der Waals surface area contributed by atoms with E-state index in [1.54, 1.807) is 27.0 Å². The molecule has 1 heterocycles. The number of ether oxygens (including phenoxy) is 2. The Labute approximate surface area is 141 Å². The van der Waals surface area contributed by atoms with Gasteiger partial charge in [0.25, 0.3) is 0 Å². The second-order valence-electron chi connectivity index (χ2n) is 6.46. The van der Waals surface area contributed by atoms with Crippen LogP contribution >= 0.6 is 0 Å². The Balaban J connectivity index is 2.15. The summed E-state index contributed by atoms with van der Waals surface area (Å²) in [6.45, 7) is 5.27. The Bertz CT molecular complexity index is 737. The number of esters is 1. The molecular formula is C18H22N2O4. The first-order valence-corrected chi connectivity index (χ1v) is 7.69. The summed E-state index contributed by atoms with van der Waals surface area (Å²) in [5, 5.41) is 3.53. The number of pyridine rings is 1. The summed E-state index contributed by atoms with van der Waals surface area (Å²) in [6.07, 6.45) is 1.30. The lowest BCUT2D eigenvalue weighted by molar-refractivity contribution is -0.143. The van der Waals surface area contributed by atoms with Crippen LogP contribution in [0.1, 0.15) is 26.3 Å². The summed E-state index contributed by atoms with van der Waals surface area (Å²) >= 11 is 0. The number of aromatic nitrogens is 1. The SMILES string of the molecule is COC(=O)C(Cc1cnc2ccccc2c1)NC(=O)OC(C)(C)C. The Hall–Kier alpha value is -2.63. The number of carbonyl (C=O) groups is 2. The molecule has 0 aliphatic carbocycles. The fourth-order valence-electron chi connectivity index (χ4n) is 2.25. The second kappa shape index (κ2) is 7.29. The first-order valence-electron chi connectivity index (χ1n) is 7.69. The van der Waals surface area contributed by atoms with Crippen molar-refractivity contribution >= 4 is 23.0 Å². The van der Waals surface area contributed by atoms with Crippen molar-refractivity contribution in [1.82, 2.24) is 10.3 Å². The Morgan fingerprint density at radius 2 is 1.96 bits per heavy atom. The number of fused-ring (bicyclic) bond motifs is 1. The van der Waals surface area contributed by atoms with E-state index in [2.05, 4.69) is 10.3 Å². The highest BCUT2D eigenvalue weighted by atomic mass is 16.6. The van der Waals surface area contributed by atoms with E-state index >= 15 is 0 Å². The Morgan fingerprint density at radius 1 is 1.25 bits per heavy atom. The van der Waals surface area contributed by atoms with Crippen molar-refractivity contribution in [2.24, 2.45) is 0 Å². The number of hydrogen-bond donors (Lipinski definition) is 1. The summed E-state index contributed by atoms with van der Waals surface area (Å²) in [5.74, 6) is -0.533. The molecule has 0 spiro atoms. The lowest BCUT2D eigenvalue weighted by atomic mass is 10.1. The fraction of sp³-hybridized carbons (Fsp3) is 0.389. The molecule has 0 bridgehead atoms. The van der Waals surface area contributed by atoms with Gasteiger partial charge in [-0.2, -0.15) is 0 Å². The van der Waals surface area contributed by atoms with Gasteiger partial charge in [0.05, 0.1) is 12.6 Å². The number of benzene rings is 1. The highest BCUT2D eigenvalue weighted by Crippen LogP contribution is 2.15. The number of hydrogen-bond acceptors (Lipinski definition) is 5. The van der Waals surface area contributed by atoms with Crippen molar-refractivity contribution in [2.45, 2.75) is 38.8 Å². The molecule has 0 aliphatic heterocycles. The van der Waals surface area contributed by atoms with Crippen LogP contribution in [-0.4, -0.2) is 35.8 Å². The number of rotatable bonds is 4. The molecule has 6 nitrogen and oxygen atoms in total. The molecule has 0 fully saturated rings. The molecule has 128 valence electrons. The first-order chi connectivity index (χ1) is 11.3. The normalized spacial score (nSPS) is 12.5. The monoisotopic (exact) mass is 330 g/mol. The standard InChI is InChI=1S/C18H22N2O4/c1-18(2,3)24-17(22)20-15(16(21)23-4)10-12-9-13-7-5-6-8-14(13)19-11-12/h5-9,11,15H,10H2,1-4H3,(H,20,22). The summed E-state index contributed by atoms with van der Waals surface area (Å²) in [6, 6.07) is 8.79. The zero-order chi connectivity index (χ0) is 17.7. The van der Waals surface area contributed by atoms with Gasteiger partial charge in [-0.05, 0) is 38.5 Å². The van der Waals surface area contributed by atoms with Crippen molar-refractivity contribution < 1.29 is 19.1 Å². The van der Waals surface area contributed by atoms with E-state index in [4.69, 9.17) is 9.47 Å². The third-order valence-corrected chi connectivity index (χ3v) is 3.26. The second-order valence-corrected chi connectivity index (χ2v) is 6.46. The summed E-state index contributed by atoms with van der Waals surface area (Å²) in [5.41, 5.74) is 1.05. The zero-order valence-electron chi connectivity index (χ0n) is 14.3. The summed E-state index contributed by atoms with van der Waals surface area (Å²) in [7, 11) is 1.28. The van der Waals surface area contributed by atoms with Crippen LogP contribution in [0.2, 0.25) is 0 Å². The number of carbonyl (C=O) groups excluding carboxylic acids is 2. The topological polar surface area (TPSA) is 77.5 Å². The molecule has 1 amide bonds. The van der Waals surface area contributed by atoms with Gasteiger partial charge in [-0.25, -0.2) is 9.59 Å². The van der Waals surface area contributed by atoms with E-state index in [0.717, 1.165) is 16.5 Å². The van der Waals surface area contributed by atoms with E-state index in [9.17, 15) is 9.59 Å². The quantitative estimate of drug-likeness (QED) is 0.872. The molecule has 1 aromatic carbocycles. The minimum absolute atomic E-state index is 0.268. The van der Waals surface area contributed by atoms with Gasteiger partial charge in [0.1, 0.15) is 11.6 Å². The van der Waals surface area contributed by atoms with Crippen LogP contribution in [-0.2, 0) is 20.7 Å². The van der Waals surface area contributed by atoms with Crippen LogP contribution < -0.4 is 5.32 Å². The molecule has 1 aromatic heterocycles. The minimum Gasteiger partial charge on any atom is -0.467 e. The number of nitrogens with zero attached hydrogens (tertiary/aromatic N) is 1. The van der Waals surface area contributed by atoms with Crippen molar-refractivity contribution in [1.29, 1.82) is 0 Å². The first kappa shape index (κ1) is 17.7. The predicted molar refractivity (Wildman–Crippen MR) is 90.6 cm³/mol. The predicted octanol–water partition coefficient (Wildman–Crippen LogP) is 2.84. The molecule has 0 aliphatic rings. The van der Waals surface area contributed by atoms with Gasteiger partial charge < -0.3 is 14.8 Å². The van der Waals surface area contributed by atoms with Gasteiger partial charge in [0, 0.05) is 18.0 Å².